The number of piperazine rings is 1. The van der Waals surface area contributed by atoms with Gasteiger partial charge in [0.05, 0.1) is 16.8 Å². The number of aromatic nitrogens is 3. The number of anilines is 2. The van der Waals surface area contributed by atoms with Crippen LogP contribution in [0.15, 0.2) is 30.3 Å². The molecule has 0 unspecified atom stereocenters. The number of H-pyrrole nitrogens is 1. The summed E-state index contributed by atoms with van der Waals surface area (Å²) in [6.07, 6.45) is 0. The number of rotatable bonds is 4. The number of fused-ring (bicyclic) bond motifs is 1. The molecule has 26 heavy (non-hydrogen) atoms. The van der Waals surface area contributed by atoms with Crippen LogP contribution in [0.25, 0.3) is 10.2 Å². The minimum atomic E-state index is 0.0770. The maximum Gasteiger partial charge on any atom is 0.242 e. The number of carbonyl (C=O) groups excluding carboxylic acids is 1. The number of carbonyl (C=O) groups is 1. The molecule has 136 valence electrons. The summed E-state index contributed by atoms with van der Waals surface area (Å²) < 4.78 is 1.10. The van der Waals surface area contributed by atoms with Crippen molar-refractivity contribution in [2.24, 2.45) is 0 Å². The number of hydrogen-bond donors (Lipinski definition) is 1. The van der Waals surface area contributed by atoms with E-state index in [1.165, 1.54) is 0 Å². The predicted octanol–water partition coefficient (Wildman–Crippen LogP) is 2.11. The molecule has 7 nitrogen and oxygen atoms in total. The fraction of sp³-hybridized carbons (Fsp3) is 0.389. The highest BCUT2D eigenvalue weighted by atomic mass is 32.1. The van der Waals surface area contributed by atoms with Gasteiger partial charge in [-0.1, -0.05) is 23.5 Å². The molecule has 0 bridgehead atoms. The second-order valence-corrected chi connectivity index (χ2v) is 7.60. The van der Waals surface area contributed by atoms with Gasteiger partial charge in [0.25, 0.3) is 0 Å². The van der Waals surface area contributed by atoms with Crippen LogP contribution in [0.4, 0.5) is 10.9 Å². The largest absolute Gasteiger partial charge is 0.353 e. The molecule has 2 aromatic heterocycles. The maximum atomic E-state index is 12.7. The fourth-order valence-corrected chi connectivity index (χ4v) is 4.05. The molecule has 1 N–H and O–H groups in total. The van der Waals surface area contributed by atoms with Crippen LogP contribution in [0.3, 0.4) is 0 Å². The number of nitrogens with one attached hydrogen (secondary N) is 1. The van der Waals surface area contributed by atoms with Crippen LogP contribution < -0.4 is 9.80 Å². The molecule has 0 saturated carbocycles. The molecule has 1 aliphatic heterocycles. The van der Waals surface area contributed by atoms with Crippen LogP contribution in [0.2, 0.25) is 0 Å². The van der Waals surface area contributed by atoms with Crippen LogP contribution in [-0.2, 0) is 4.79 Å². The highest BCUT2D eigenvalue weighted by Crippen LogP contribution is 2.27. The molecule has 0 radical (unpaired) electrons. The summed E-state index contributed by atoms with van der Waals surface area (Å²) in [7, 11) is 1.81. The average Bonchev–Trinajstić information content (AvgIpc) is 3.27. The first-order valence-corrected chi connectivity index (χ1v) is 9.53. The molecular formula is C18H22N6OS. The molecule has 1 amide bonds. The van der Waals surface area contributed by atoms with Crippen molar-refractivity contribution in [1.82, 2.24) is 20.1 Å². The Hall–Kier alpha value is -2.45. The average molecular weight is 370 g/mol. The van der Waals surface area contributed by atoms with Gasteiger partial charge in [0.15, 0.2) is 10.9 Å². The van der Waals surface area contributed by atoms with Crippen molar-refractivity contribution < 1.29 is 4.79 Å². The molecule has 3 heterocycles. The lowest BCUT2D eigenvalue weighted by molar-refractivity contribution is -0.119. The Labute approximate surface area is 156 Å². The van der Waals surface area contributed by atoms with E-state index in [0.29, 0.717) is 6.54 Å². The lowest BCUT2D eigenvalue weighted by Crippen LogP contribution is -2.49. The second-order valence-electron chi connectivity index (χ2n) is 6.59. The number of aromatic amines is 1. The zero-order valence-corrected chi connectivity index (χ0v) is 15.8. The van der Waals surface area contributed by atoms with Gasteiger partial charge >= 0.3 is 0 Å². The van der Waals surface area contributed by atoms with Gasteiger partial charge in [0, 0.05) is 45.0 Å². The molecule has 0 atom stereocenters. The summed E-state index contributed by atoms with van der Waals surface area (Å²) in [4.78, 5) is 23.4. The summed E-state index contributed by atoms with van der Waals surface area (Å²) in [5, 5.41) is 8.05. The van der Waals surface area contributed by atoms with E-state index in [4.69, 9.17) is 0 Å². The minimum absolute atomic E-state index is 0.0770. The molecule has 1 fully saturated rings. The number of aryl methyl sites for hydroxylation is 1. The van der Waals surface area contributed by atoms with Crippen LogP contribution in [0, 0.1) is 6.92 Å². The van der Waals surface area contributed by atoms with Crippen molar-refractivity contribution in [3.8, 4) is 0 Å². The van der Waals surface area contributed by atoms with Crippen molar-refractivity contribution in [3.05, 3.63) is 36.0 Å². The van der Waals surface area contributed by atoms with Gasteiger partial charge in [-0.15, -0.1) is 0 Å². The van der Waals surface area contributed by atoms with Crippen LogP contribution in [-0.4, -0.2) is 65.8 Å². The molecule has 8 heteroatoms. The SMILES string of the molecule is Cc1cc(N2CCN(CC(=O)N(C)c3nc4ccccc4s3)CC2)n[nH]1. The van der Waals surface area contributed by atoms with E-state index in [0.717, 1.165) is 53.0 Å². The highest BCUT2D eigenvalue weighted by Gasteiger charge is 2.23. The normalized spacial score (nSPS) is 15.5. The van der Waals surface area contributed by atoms with Crippen molar-refractivity contribution >= 4 is 38.4 Å². The van der Waals surface area contributed by atoms with E-state index >= 15 is 0 Å². The smallest absolute Gasteiger partial charge is 0.242 e. The summed E-state index contributed by atoms with van der Waals surface area (Å²) in [5.41, 5.74) is 2.00. The number of para-hydroxylation sites is 1. The van der Waals surface area contributed by atoms with E-state index in [1.807, 2.05) is 38.2 Å². The molecule has 1 aliphatic rings. The van der Waals surface area contributed by atoms with E-state index in [1.54, 1.807) is 16.2 Å². The lowest BCUT2D eigenvalue weighted by atomic mass is 10.3. The number of thiazole rings is 1. The fourth-order valence-electron chi connectivity index (χ4n) is 3.11. The van der Waals surface area contributed by atoms with Crippen LogP contribution >= 0.6 is 11.3 Å². The Balaban J connectivity index is 1.34. The van der Waals surface area contributed by atoms with Crippen molar-refractivity contribution in [2.75, 3.05) is 49.6 Å². The van der Waals surface area contributed by atoms with Gasteiger partial charge in [-0.3, -0.25) is 19.7 Å². The maximum absolute atomic E-state index is 12.7. The number of nitrogens with zero attached hydrogens (tertiary/aromatic N) is 5. The zero-order chi connectivity index (χ0) is 18.1. The Kier molecular flexibility index (Phi) is 4.60. The third-order valence-electron chi connectivity index (χ3n) is 4.69. The topological polar surface area (TPSA) is 68.4 Å². The van der Waals surface area contributed by atoms with Crippen molar-refractivity contribution in [1.29, 1.82) is 0 Å². The third-order valence-corrected chi connectivity index (χ3v) is 5.80. The Morgan fingerprint density at radius 2 is 2.04 bits per heavy atom. The molecule has 4 rings (SSSR count). The summed E-state index contributed by atoms with van der Waals surface area (Å²) in [6, 6.07) is 10.0. The van der Waals surface area contributed by atoms with Gasteiger partial charge in [-0.2, -0.15) is 5.10 Å². The van der Waals surface area contributed by atoms with E-state index in [9.17, 15) is 4.79 Å². The van der Waals surface area contributed by atoms with Gasteiger partial charge in [0.1, 0.15) is 0 Å². The number of benzene rings is 1. The Morgan fingerprint density at radius 3 is 2.73 bits per heavy atom. The first kappa shape index (κ1) is 17.0. The molecule has 0 aliphatic carbocycles. The minimum Gasteiger partial charge on any atom is -0.353 e. The van der Waals surface area contributed by atoms with Crippen molar-refractivity contribution in [2.45, 2.75) is 6.92 Å². The first-order valence-electron chi connectivity index (χ1n) is 8.71. The van der Waals surface area contributed by atoms with Gasteiger partial charge in [-0.25, -0.2) is 4.98 Å². The van der Waals surface area contributed by atoms with Gasteiger partial charge in [-0.05, 0) is 19.1 Å². The quantitative estimate of drug-likeness (QED) is 0.762. The zero-order valence-electron chi connectivity index (χ0n) is 15.0. The molecule has 1 aromatic carbocycles. The third kappa shape index (κ3) is 3.42. The summed E-state index contributed by atoms with van der Waals surface area (Å²) in [6.45, 7) is 5.88. The van der Waals surface area contributed by atoms with E-state index in [2.05, 4.69) is 31.0 Å². The Morgan fingerprint density at radius 1 is 1.27 bits per heavy atom. The van der Waals surface area contributed by atoms with Gasteiger partial charge in [0.2, 0.25) is 5.91 Å². The predicted molar refractivity (Wildman–Crippen MR) is 105 cm³/mol. The molecule has 3 aromatic rings. The molecule has 0 spiro atoms. The number of amides is 1. The lowest BCUT2D eigenvalue weighted by Gasteiger charge is -2.34. The molecular weight excluding hydrogens is 348 g/mol. The number of likely N-dealkylation sites (N-methyl/N-ethyl adjacent to an activating group) is 1. The van der Waals surface area contributed by atoms with E-state index < -0.39 is 0 Å². The summed E-state index contributed by atoms with van der Waals surface area (Å²) in [5.74, 6) is 1.06. The monoisotopic (exact) mass is 370 g/mol. The summed E-state index contributed by atoms with van der Waals surface area (Å²) >= 11 is 1.55. The molecule has 1 saturated heterocycles. The van der Waals surface area contributed by atoms with Gasteiger partial charge < -0.3 is 4.90 Å². The highest BCUT2D eigenvalue weighted by molar-refractivity contribution is 7.22. The second kappa shape index (κ2) is 7.05. The van der Waals surface area contributed by atoms with Crippen LogP contribution in [0.5, 0.6) is 0 Å². The van der Waals surface area contributed by atoms with Crippen LogP contribution in [0.1, 0.15) is 5.69 Å². The Bertz CT molecular complexity index is 878. The number of hydrogen-bond acceptors (Lipinski definition) is 6. The van der Waals surface area contributed by atoms with Crippen molar-refractivity contribution in [3.63, 3.8) is 0 Å². The first-order chi connectivity index (χ1) is 12.6. The standard InChI is InChI=1S/C18H22N6OS/c1-13-11-16(21-20-13)24-9-7-23(8-10-24)12-17(25)22(2)18-19-14-5-3-4-6-15(14)26-18/h3-6,11H,7-10,12H2,1-2H3,(H,20,21). The van der Waals surface area contributed by atoms with E-state index in [-0.39, 0.29) is 5.91 Å².